The molecular weight excluding hydrogens is 581 g/mol. The highest BCUT2D eigenvalue weighted by molar-refractivity contribution is 6.14. The van der Waals surface area contributed by atoms with Gasteiger partial charge in [0.15, 0.2) is 0 Å². The van der Waals surface area contributed by atoms with Crippen molar-refractivity contribution < 1.29 is 23.5 Å². The van der Waals surface area contributed by atoms with E-state index in [1.54, 1.807) is 17.0 Å². The first-order valence-electron chi connectivity index (χ1n) is 15.7. The minimum absolute atomic E-state index is 0.0805. The largest absolute Gasteiger partial charge is 0.427 e. The molecule has 4 aromatic carbocycles. The van der Waals surface area contributed by atoms with Gasteiger partial charge in [0, 0.05) is 35.7 Å². The molecule has 0 radical (unpaired) electrons. The first-order valence-corrected chi connectivity index (χ1v) is 15.7. The number of nitrogens with zero attached hydrogens (tertiary/aromatic N) is 3. The van der Waals surface area contributed by atoms with E-state index < -0.39 is 24.1 Å². The number of ether oxygens (including phenoxy) is 1. The molecule has 1 saturated heterocycles. The number of rotatable bonds is 9. The van der Waals surface area contributed by atoms with Gasteiger partial charge >= 0.3 is 6.09 Å². The van der Waals surface area contributed by atoms with Crippen LogP contribution in [-0.4, -0.2) is 46.0 Å². The molecule has 7 rings (SSSR count). The topological polar surface area (TPSA) is 79.3 Å². The van der Waals surface area contributed by atoms with Gasteiger partial charge in [0.05, 0.1) is 11.4 Å². The molecule has 0 aromatic heterocycles. The minimum Gasteiger partial charge on any atom is -0.427 e. The van der Waals surface area contributed by atoms with E-state index in [4.69, 9.17) is 9.73 Å². The zero-order chi connectivity index (χ0) is 31.8. The molecule has 0 bridgehead atoms. The number of imide groups is 1. The lowest BCUT2D eigenvalue weighted by Crippen LogP contribution is -2.47. The monoisotopic (exact) mass is 615 g/mol. The van der Waals surface area contributed by atoms with Gasteiger partial charge in [-0.05, 0) is 67.5 Å². The Morgan fingerprint density at radius 2 is 1.61 bits per heavy atom. The summed E-state index contributed by atoms with van der Waals surface area (Å²) in [7, 11) is 0. The number of halogens is 1. The third kappa shape index (κ3) is 5.60. The summed E-state index contributed by atoms with van der Waals surface area (Å²) in [6, 6.07) is 31.5. The second kappa shape index (κ2) is 12.0. The first-order chi connectivity index (χ1) is 22.3. The van der Waals surface area contributed by atoms with Crippen LogP contribution in [0.2, 0.25) is 0 Å². The number of aliphatic imine (C=N–C) groups is 1. The number of amides is 3. The third-order valence-corrected chi connectivity index (χ3v) is 9.35. The number of fused-ring (bicyclic) bond motifs is 2. The quantitative estimate of drug-likeness (QED) is 0.191. The highest BCUT2D eigenvalue weighted by Crippen LogP contribution is 2.46. The summed E-state index contributed by atoms with van der Waals surface area (Å²) in [6.45, 7) is 1.84. The summed E-state index contributed by atoms with van der Waals surface area (Å²) in [6.07, 6.45) is 2.05. The number of hydrogen-bond acceptors (Lipinski definition) is 5. The van der Waals surface area contributed by atoms with Crippen molar-refractivity contribution in [2.75, 3.05) is 6.54 Å². The molecule has 7 nitrogen and oxygen atoms in total. The van der Waals surface area contributed by atoms with E-state index in [0.29, 0.717) is 24.3 Å². The molecule has 0 N–H and O–H groups in total. The maximum Gasteiger partial charge on any atom is 0.418 e. The van der Waals surface area contributed by atoms with Crippen molar-refractivity contribution in [1.29, 1.82) is 0 Å². The van der Waals surface area contributed by atoms with Gasteiger partial charge in [-0.3, -0.25) is 9.59 Å². The van der Waals surface area contributed by atoms with Gasteiger partial charge in [0.1, 0.15) is 12.4 Å². The Kier molecular flexibility index (Phi) is 7.72. The third-order valence-electron chi connectivity index (χ3n) is 9.35. The number of aryl methyl sites for hydroxylation is 1. The second-order valence-corrected chi connectivity index (χ2v) is 12.3. The highest BCUT2D eigenvalue weighted by Gasteiger charge is 2.58. The molecule has 1 unspecified atom stereocenters. The Bertz CT molecular complexity index is 1780. The molecule has 46 heavy (non-hydrogen) atoms. The van der Waals surface area contributed by atoms with Crippen LogP contribution in [0.25, 0.3) is 0 Å². The molecule has 1 spiro atoms. The van der Waals surface area contributed by atoms with Crippen molar-refractivity contribution in [3.8, 4) is 0 Å². The summed E-state index contributed by atoms with van der Waals surface area (Å²) < 4.78 is 19.4. The molecule has 232 valence electrons. The van der Waals surface area contributed by atoms with Crippen LogP contribution in [0, 0.1) is 11.7 Å². The number of hydrogen-bond donors (Lipinski definition) is 0. The zero-order valence-corrected chi connectivity index (χ0v) is 25.6. The van der Waals surface area contributed by atoms with E-state index >= 15 is 0 Å². The molecule has 2 atom stereocenters. The predicted molar refractivity (Wildman–Crippen MR) is 172 cm³/mol. The van der Waals surface area contributed by atoms with Crippen LogP contribution in [0.1, 0.15) is 54.0 Å². The molecule has 2 fully saturated rings. The fraction of sp³-hybridized carbons (Fsp3) is 0.263. The van der Waals surface area contributed by atoms with Crippen molar-refractivity contribution in [2.24, 2.45) is 10.9 Å². The average Bonchev–Trinajstić information content (AvgIpc) is 3.83. The smallest absolute Gasteiger partial charge is 0.418 e. The van der Waals surface area contributed by atoms with Gasteiger partial charge < -0.3 is 9.64 Å². The van der Waals surface area contributed by atoms with E-state index in [9.17, 15) is 18.8 Å². The molecule has 1 heterocycles. The van der Waals surface area contributed by atoms with Crippen LogP contribution in [0.3, 0.4) is 0 Å². The molecule has 1 aliphatic heterocycles. The SMILES string of the molecule is C[C@@H](C1CC1)N(Cc1ccc(F)cc1)C(=O)CN1C(=O)OC2(CCc3cc(N=C(c4ccccc4)c4ccccc4)ccc32)C1=O. The maximum absolute atomic E-state index is 13.9. The first kappa shape index (κ1) is 29.6. The normalized spacial score (nSPS) is 19.1. The molecule has 2 aliphatic carbocycles. The Morgan fingerprint density at radius 1 is 0.957 bits per heavy atom. The highest BCUT2D eigenvalue weighted by atomic mass is 19.1. The van der Waals surface area contributed by atoms with Crippen LogP contribution in [0.15, 0.2) is 108 Å². The van der Waals surface area contributed by atoms with Crippen molar-refractivity contribution in [3.63, 3.8) is 0 Å². The lowest BCUT2D eigenvalue weighted by Gasteiger charge is -2.30. The Balaban J connectivity index is 1.13. The van der Waals surface area contributed by atoms with Crippen LogP contribution < -0.4 is 0 Å². The van der Waals surface area contributed by atoms with Crippen molar-refractivity contribution in [3.05, 3.63) is 137 Å². The fourth-order valence-corrected chi connectivity index (χ4v) is 6.63. The van der Waals surface area contributed by atoms with Gasteiger partial charge in [0.2, 0.25) is 11.5 Å². The maximum atomic E-state index is 13.9. The summed E-state index contributed by atoms with van der Waals surface area (Å²) in [5, 5.41) is 0. The summed E-state index contributed by atoms with van der Waals surface area (Å²) in [4.78, 5) is 48.5. The van der Waals surface area contributed by atoms with Crippen molar-refractivity contribution >= 4 is 29.3 Å². The van der Waals surface area contributed by atoms with E-state index in [0.717, 1.165) is 51.4 Å². The Hall–Kier alpha value is -5.11. The van der Waals surface area contributed by atoms with Gasteiger partial charge in [-0.1, -0.05) is 78.9 Å². The predicted octanol–water partition coefficient (Wildman–Crippen LogP) is 6.94. The summed E-state index contributed by atoms with van der Waals surface area (Å²) in [5.74, 6) is -0.852. The summed E-state index contributed by atoms with van der Waals surface area (Å²) >= 11 is 0. The Labute approximate surface area is 267 Å². The van der Waals surface area contributed by atoms with Crippen LogP contribution >= 0.6 is 0 Å². The lowest BCUT2D eigenvalue weighted by molar-refractivity contribution is -0.143. The van der Waals surface area contributed by atoms with E-state index in [-0.39, 0.29) is 24.3 Å². The van der Waals surface area contributed by atoms with Crippen LogP contribution in [0.4, 0.5) is 14.9 Å². The molecule has 8 heteroatoms. The number of carbonyl (C=O) groups excluding carboxylic acids is 3. The van der Waals surface area contributed by atoms with Crippen LogP contribution in [-0.2, 0) is 32.9 Å². The number of benzene rings is 4. The molecule has 3 aliphatic rings. The van der Waals surface area contributed by atoms with Gasteiger partial charge in [-0.2, -0.15) is 0 Å². The lowest BCUT2D eigenvalue weighted by atomic mass is 9.94. The molecule has 4 aromatic rings. The summed E-state index contributed by atoms with van der Waals surface area (Å²) in [5.41, 5.74) is 4.36. The second-order valence-electron chi connectivity index (χ2n) is 12.3. The van der Waals surface area contributed by atoms with E-state index in [2.05, 4.69) is 0 Å². The zero-order valence-electron chi connectivity index (χ0n) is 25.6. The van der Waals surface area contributed by atoms with Crippen LogP contribution in [0.5, 0.6) is 0 Å². The van der Waals surface area contributed by atoms with Gasteiger partial charge in [-0.25, -0.2) is 19.1 Å². The minimum atomic E-state index is -1.46. The average molecular weight is 616 g/mol. The van der Waals surface area contributed by atoms with Crippen molar-refractivity contribution in [2.45, 2.75) is 50.8 Å². The van der Waals surface area contributed by atoms with Crippen molar-refractivity contribution in [1.82, 2.24) is 9.80 Å². The molecular formula is C38H34FN3O4. The van der Waals surface area contributed by atoms with E-state index in [1.165, 1.54) is 12.1 Å². The molecule has 1 saturated carbocycles. The fourth-order valence-electron chi connectivity index (χ4n) is 6.63. The number of carbonyl (C=O) groups is 3. The van der Waals surface area contributed by atoms with E-state index in [1.807, 2.05) is 85.8 Å². The van der Waals surface area contributed by atoms with Gasteiger partial charge in [-0.15, -0.1) is 0 Å². The van der Waals surface area contributed by atoms with Gasteiger partial charge in [0.25, 0.3) is 5.91 Å². The molecule has 3 amide bonds. The Morgan fingerprint density at radius 3 is 2.24 bits per heavy atom. The standard InChI is InChI=1S/C38H34FN3O4/c1-25(27-14-15-27)41(23-26-12-16-31(39)17-13-26)34(43)24-42-36(44)38(46-37(42)45)21-20-30-22-32(18-19-33(30)38)40-35(28-8-4-2-5-9-28)29-10-6-3-7-11-29/h2-13,16-19,22,25,27H,14-15,20-21,23-24H2,1H3/t25-,38?/m0/s1.